The second-order valence-electron chi connectivity index (χ2n) is 16.4. The van der Waals surface area contributed by atoms with Crippen LogP contribution in [0.3, 0.4) is 0 Å². The van der Waals surface area contributed by atoms with Gasteiger partial charge in [0.2, 0.25) is 0 Å². The van der Waals surface area contributed by atoms with Crippen LogP contribution >= 0.6 is 0 Å². The van der Waals surface area contributed by atoms with Gasteiger partial charge in [-0.25, -0.2) is 4.98 Å². The maximum absolute atomic E-state index is 10.9. The Morgan fingerprint density at radius 1 is 0.557 bits per heavy atom. The number of hydrogen-bond donors (Lipinski definition) is 6. The number of ether oxygens (including phenoxy) is 7. The van der Waals surface area contributed by atoms with Crippen LogP contribution < -0.4 is 15.4 Å². The molecule has 0 saturated carbocycles. The highest BCUT2D eigenvalue weighted by Gasteiger charge is 2.49. The maximum atomic E-state index is 10.9. The fourth-order valence-corrected chi connectivity index (χ4v) is 8.32. The van der Waals surface area contributed by atoms with Gasteiger partial charge in [0.25, 0.3) is 0 Å². The van der Waals surface area contributed by atoms with E-state index < -0.39 is 73.9 Å². The summed E-state index contributed by atoms with van der Waals surface area (Å²) >= 11 is 0. The van der Waals surface area contributed by atoms with Crippen molar-refractivity contribution >= 4 is 11.4 Å². The van der Waals surface area contributed by atoms with Crippen LogP contribution in [0, 0.1) is 0 Å². The summed E-state index contributed by atoms with van der Waals surface area (Å²) in [5, 5.41) is 49.9. The molecular formula is C47H59N3O11. The van der Waals surface area contributed by atoms with Gasteiger partial charge in [0.15, 0.2) is 25.0 Å². The number of pyridine rings is 1. The first kappa shape index (κ1) is 43.5. The normalized spacial score (nSPS) is 31.1. The molecule has 4 aliphatic rings. The Morgan fingerprint density at radius 2 is 1.02 bits per heavy atom. The second kappa shape index (κ2) is 19.9. The minimum atomic E-state index is -1.22. The molecular weight excluding hydrogens is 783 g/mol. The van der Waals surface area contributed by atoms with Gasteiger partial charge in [-0.05, 0) is 79.9 Å². The number of aromatic nitrogens is 1. The smallest absolute Gasteiger partial charge is 0.157 e. The number of nitrogens with zero attached hydrogens (tertiary/aromatic N) is 1. The molecule has 14 nitrogen and oxygen atoms in total. The average Bonchev–Trinajstić information content (AvgIpc) is 3.28. The van der Waals surface area contributed by atoms with Crippen LogP contribution in [0.2, 0.25) is 0 Å². The number of aliphatic hydroxyl groups excluding tert-OH is 4. The van der Waals surface area contributed by atoms with Crippen molar-refractivity contribution in [3.63, 3.8) is 0 Å². The summed E-state index contributed by atoms with van der Waals surface area (Å²) in [4.78, 5) is 5.11. The van der Waals surface area contributed by atoms with E-state index >= 15 is 0 Å². The zero-order valence-electron chi connectivity index (χ0n) is 35.0. The SMILES string of the molecule is CCCCCCCCOc1ccc(-c2cc(-c3ccc(N[C@@H]4O[C@@H]5CO[C@H](C)O[C@H]5[C@H](O)[C@H]4O)cc3)nc(-c3ccc(N[C@@H]4O[C@@H]5CO[C@H](C)O[C@H]5[C@H](O)[C@H]4O)cc3)c2)cc1. The van der Waals surface area contributed by atoms with Crippen molar-refractivity contribution in [2.75, 3.05) is 30.5 Å². The first-order chi connectivity index (χ1) is 29.6. The quantitative estimate of drug-likeness (QED) is 0.0760. The van der Waals surface area contributed by atoms with Crippen molar-refractivity contribution < 1.29 is 53.6 Å². The monoisotopic (exact) mass is 841 g/mol. The third-order valence-electron chi connectivity index (χ3n) is 11.8. The van der Waals surface area contributed by atoms with Crippen LogP contribution in [0.5, 0.6) is 5.75 Å². The zero-order chi connectivity index (χ0) is 42.5. The van der Waals surface area contributed by atoms with E-state index in [0.29, 0.717) is 18.0 Å². The standard InChI is InChI=1S/C47H59N3O11/c1-4-5-6-7-8-9-22-55-35-20-14-29(15-21-35)32-23-36(30-10-16-33(17-11-30)48-46-42(53)40(51)44-38(60-46)25-56-27(2)58-44)50-37(24-32)31-12-18-34(19-13-31)49-47-43(54)41(52)45-39(61-47)26-57-28(3)59-45/h10-21,23-24,27-28,38-49,51-54H,4-9,22,25-26H2,1-3H3/t27-,28-,38+,39+,40+,41+,42+,43+,44+,45+,46+,47+/m0/s1. The number of hydrogen-bond acceptors (Lipinski definition) is 14. The molecule has 0 unspecified atom stereocenters. The van der Waals surface area contributed by atoms with Gasteiger partial charge in [0.1, 0.15) is 54.6 Å². The molecule has 14 heteroatoms. The molecule has 0 amide bonds. The highest BCUT2D eigenvalue weighted by Crippen LogP contribution is 2.35. The van der Waals surface area contributed by atoms with E-state index in [-0.39, 0.29) is 13.2 Å². The summed E-state index contributed by atoms with van der Waals surface area (Å²) in [6, 6.07) is 27.6. The van der Waals surface area contributed by atoms with E-state index in [1.807, 2.05) is 60.7 Å². The molecule has 0 radical (unpaired) electrons. The summed E-state index contributed by atoms with van der Waals surface area (Å²) in [7, 11) is 0. The lowest BCUT2D eigenvalue weighted by Crippen LogP contribution is -2.64. The average molecular weight is 842 g/mol. The highest BCUT2D eigenvalue weighted by molar-refractivity contribution is 5.77. The van der Waals surface area contributed by atoms with Gasteiger partial charge in [-0.15, -0.1) is 0 Å². The van der Waals surface area contributed by atoms with Crippen LogP contribution in [0.15, 0.2) is 84.9 Å². The summed E-state index contributed by atoms with van der Waals surface area (Å²) in [6.07, 6.45) is -2.63. The van der Waals surface area contributed by atoms with Crippen molar-refractivity contribution in [1.29, 1.82) is 0 Å². The molecule has 1 aromatic heterocycles. The van der Waals surface area contributed by atoms with Gasteiger partial charge in [0, 0.05) is 22.5 Å². The van der Waals surface area contributed by atoms with Crippen LogP contribution in [0.4, 0.5) is 11.4 Å². The number of aliphatic hydroxyl groups is 4. The van der Waals surface area contributed by atoms with E-state index in [1.54, 1.807) is 13.8 Å². The molecule has 0 aliphatic carbocycles. The van der Waals surface area contributed by atoms with Gasteiger partial charge in [-0.2, -0.15) is 0 Å². The van der Waals surface area contributed by atoms with E-state index in [4.69, 9.17) is 38.1 Å². The minimum absolute atomic E-state index is 0.249. The number of rotatable bonds is 15. The number of anilines is 2. The van der Waals surface area contributed by atoms with Crippen molar-refractivity contribution in [3.8, 4) is 39.4 Å². The summed E-state index contributed by atoms with van der Waals surface area (Å²) < 4.78 is 40.7. The van der Waals surface area contributed by atoms with Crippen LogP contribution in [0.1, 0.15) is 59.3 Å². The molecule has 3 aromatic carbocycles. The second-order valence-corrected chi connectivity index (χ2v) is 16.4. The molecule has 8 rings (SSSR count). The first-order valence-corrected chi connectivity index (χ1v) is 21.7. The fraction of sp³-hybridized carbons (Fsp3) is 0.511. The summed E-state index contributed by atoms with van der Waals surface area (Å²) in [5.74, 6) is 0.833. The zero-order valence-corrected chi connectivity index (χ0v) is 35.0. The van der Waals surface area contributed by atoms with Gasteiger partial charge < -0.3 is 64.2 Å². The van der Waals surface area contributed by atoms with Gasteiger partial charge in [-0.3, -0.25) is 0 Å². The van der Waals surface area contributed by atoms with Gasteiger partial charge in [0.05, 0.1) is 31.2 Å². The molecule has 4 saturated heterocycles. The topological polar surface area (TPSA) is 182 Å². The molecule has 0 bridgehead atoms. The van der Waals surface area contributed by atoms with Gasteiger partial charge in [-0.1, -0.05) is 75.4 Å². The molecule has 4 aromatic rings. The lowest BCUT2D eigenvalue weighted by molar-refractivity contribution is -0.317. The Kier molecular flexibility index (Phi) is 14.2. The Bertz CT molecular complexity index is 1890. The molecule has 5 heterocycles. The number of fused-ring (bicyclic) bond motifs is 2. The largest absolute Gasteiger partial charge is 0.494 e. The molecule has 12 atom stereocenters. The van der Waals surface area contributed by atoms with Crippen molar-refractivity contribution in [3.05, 3.63) is 84.9 Å². The Labute approximate surface area is 357 Å². The fourth-order valence-electron chi connectivity index (χ4n) is 8.32. The molecule has 6 N–H and O–H groups in total. The van der Waals surface area contributed by atoms with Crippen LogP contribution in [0.25, 0.3) is 33.6 Å². The lowest BCUT2D eigenvalue weighted by atomic mass is 9.97. The van der Waals surface area contributed by atoms with E-state index in [2.05, 4.69) is 41.8 Å². The Balaban J connectivity index is 0.998. The predicted octanol–water partition coefficient (Wildman–Crippen LogP) is 6.06. The Hall–Kier alpha value is -4.19. The maximum Gasteiger partial charge on any atom is 0.157 e. The van der Waals surface area contributed by atoms with Crippen LogP contribution in [-0.2, 0) is 28.4 Å². The van der Waals surface area contributed by atoms with Crippen molar-refractivity contribution in [2.24, 2.45) is 0 Å². The molecule has 0 spiro atoms. The van der Waals surface area contributed by atoms with Crippen molar-refractivity contribution in [1.82, 2.24) is 4.98 Å². The van der Waals surface area contributed by atoms with E-state index in [1.165, 1.54) is 32.1 Å². The van der Waals surface area contributed by atoms with Crippen LogP contribution in [-0.4, -0.2) is 119 Å². The number of unbranched alkanes of at least 4 members (excludes halogenated alkanes) is 5. The lowest BCUT2D eigenvalue weighted by Gasteiger charge is -2.46. The summed E-state index contributed by atoms with van der Waals surface area (Å²) in [5.41, 5.74) is 6.57. The first-order valence-electron chi connectivity index (χ1n) is 21.7. The predicted molar refractivity (Wildman–Crippen MR) is 229 cm³/mol. The summed E-state index contributed by atoms with van der Waals surface area (Å²) in [6.45, 7) is 6.91. The van der Waals surface area contributed by atoms with E-state index in [9.17, 15) is 20.4 Å². The van der Waals surface area contributed by atoms with Gasteiger partial charge >= 0.3 is 0 Å². The molecule has 328 valence electrons. The minimum Gasteiger partial charge on any atom is -0.494 e. The number of nitrogens with one attached hydrogen (secondary N) is 2. The highest BCUT2D eigenvalue weighted by atomic mass is 16.7. The molecule has 4 fully saturated rings. The molecule has 4 aliphatic heterocycles. The number of benzene rings is 3. The third-order valence-corrected chi connectivity index (χ3v) is 11.8. The van der Waals surface area contributed by atoms with E-state index in [0.717, 1.165) is 45.8 Å². The third kappa shape index (κ3) is 10.4. The molecule has 61 heavy (non-hydrogen) atoms. The Morgan fingerprint density at radius 3 is 1.51 bits per heavy atom. The van der Waals surface area contributed by atoms with Crippen molar-refractivity contribution in [2.45, 2.75) is 133 Å².